The van der Waals surface area contributed by atoms with Crippen molar-refractivity contribution >= 4 is 5.69 Å². The number of nitrogens with zero attached hydrogens (tertiary/aromatic N) is 2. The lowest BCUT2D eigenvalue weighted by Crippen LogP contribution is -2.18. The van der Waals surface area contributed by atoms with E-state index in [1.54, 1.807) is 0 Å². The summed E-state index contributed by atoms with van der Waals surface area (Å²) in [6.45, 7) is 5.19. The second-order valence-electron chi connectivity index (χ2n) is 3.95. The number of hydrogen-bond donors (Lipinski definition) is 0. The van der Waals surface area contributed by atoms with Crippen LogP contribution in [0.15, 0.2) is 18.2 Å². The van der Waals surface area contributed by atoms with Gasteiger partial charge in [-0.2, -0.15) is 5.26 Å². The van der Waals surface area contributed by atoms with Gasteiger partial charge in [0.25, 0.3) is 0 Å². The van der Waals surface area contributed by atoms with Crippen molar-refractivity contribution in [2.45, 2.75) is 26.7 Å². The van der Waals surface area contributed by atoms with E-state index in [1.165, 1.54) is 16.8 Å². The predicted molar refractivity (Wildman–Crippen MR) is 64.0 cm³/mol. The molecule has 0 unspecified atom stereocenters. The molecule has 0 aliphatic carbocycles. The topological polar surface area (TPSA) is 27.0 Å². The van der Waals surface area contributed by atoms with Crippen LogP contribution in [0.5, 0.6) is 0 Å². The molecule has 0 aliphatic heterocycles. The molecule has 0 aliphatic rings. The van der Waals surface area contributed by atoms with Crippen LogP contribution in [0.1, 0.15) is 24.0 Å². The maximum Gasteiger partial charge on any atom is 0.0622 e. The van der Waals surface area contributed by atoms with E-state index < -0.39 is 0 Å². The smallest absolute Gasteiger partial charge is 0.0622 e. The second-order valence-corrected chi connectivity index (χ2v) is 3.95. The zero-order valence-corrected chi connectivity index (χ0v) is 9.75. The largest absolute Gasteiger partial charge is 0.375 e. The third kappa shape index (κ3) is 3.28. The predicted octanol–water partition coefficient (Wildman–Crippen LogP) is 3.04. The Bertz CT molecular complexity index is 363. The van der Waals surface area contributed by atoms with Crippen LogP contribution in [0.3, 0.4) is 0 Å². The van der Waals surface area contributed by atoms with Gasteiger partial charge < -0.3 is 4.90 Å². The first-order chi connectivity index (χ1) is 7.15. The number of benzene rings is 1. The molecule has 80 valence electrons. The molecule has 1 aromatic rings. The highest BCUT2D eigenvalue weighted by Gasteiger charge is 2.01. The Balaban J connectivity index is 2.62. The number of hydrogen-bond acceptors (Lipinski definition) is 2. The molecule has 0 bridgehead atoms. The zero-order valence-electron chi connectivity index (χ0n) is 9.75. The lowest BCUT2D eigenvalue weighted by Gasteiger charge is -2.19. The van der Waals surface area contributed by atoms with Crippen molar-refractivity contribution in [2.75, 3.05) is 18.5 Å². The van der Waals surface area contributed by atoms with Crippen LogP contribution in [0.2, 0.25) is 0 Å². The van der Waals surface area contributed by atoms with Gasteiger partial charge in [0, 0.05) is 25.7 Å². The standard InChI is InChI=1S/C13H18N2/c1-11-6-7-13(10-12(11)2)15(3)9-5-4-8-14/h6-7,10H,4-5,9H2,1-3H3. The molecule has 0 atom stereocenters. The van der Waals surface area contributed by atoms with Crippen LogP contribution in [0, 0.1) is 25.2 Å². The minimum absolute atomic E-state index is 0.634. The fourth-order valence-corrected chi connectivity index (χ4v) is 1.49. The summed E-state index contributed by atoms with van der Waals surface area (Å²) in [4.78, 5) is 2.20. The number of nitriles is 1. The minimum atomic E-state index is 0.634. The van der Waals surface area contributed by atoms with E-state index in [-0.39, 0.29) is 0 Å². The summed E-state index contributed by atoms with van der Waals surface area (Å²) < 4.78 is 0. The van der Waals surface area contributed by atoms with Gasteiger partial charge in [0.15, 0.2) is 0 Å². The van der Waals surface area contributed by atoms with Crippen molar-refractivity contribution < 1.29 is 0 Å². The summed E-state index contributed by atoms with van der Waals surface area (Å²) >= 11 is 0. The summed E-state index contributed by atoms with van der Waals surface area (Å²) in [5.41, 5.74) is 3.87. The molecule has 0 fully saturated rings. The SMILES string of the molecule is Cc1ccc(N(C)CCCC#N)cc1C. The van der Waals surface area contributed by atoms with Gasteiger partial charge in [0.1, 0.15) is 0 Å². The molecule has 2 nitrogen and oxygen atoms in total. The van der Waals surface area contributed by atoms with E-state index in [2.05, 4.69) is 50.1 Å². The van der Waals surface area contributed by atoms with Gasteiger partial charge in [-0.1, -0.05) is 6.07 Å². The molecule has 0 amide bonds. The normalized spacial score (nSPS) is 9.73. The number of aryl methyl sites for hydroxylation is 2. The number of anilines is 1. The average molecular weight is 202 g/mol. The highest BCUT2D eigenvalue weighted by atomic mass is 15.1. The summed E-state index contributed by atoms with van der Waals surface area (Å²) in [5, 5.41) is 8.46. The van der Waals surface area contributed by atoms with Crippen LogP contribution in [0.25, 0.3) is 0 Å². The van der Waals surface area contributed by atoms with Gasteiger partial charge in [-0.25, -0.2) is 0 Å². The molecule has 15 heavy (non-hydrogen) atoms. The Labute approximate surface area is 92.1 Å². The Morgan fingerprint density at radius 3 is 2.60 bits per heavy atom. The van der Waals surface area contributed by atoms with Crippen LogP contribution in [-0.4, -0.2) is 13.6 Å². The van der Waals surface area contributed by atoms with Gasteiger partial charge >= 0.3 is 0 Å². The maximum absolute atomic E-state index is 8.46. The quantitative estimate of drug-likeness (QED) is 0.702. The Morgan fingerprint density at radius 1 is 1.27 bits per heavy atom. The van der Waals surface area contributed by atoms with E-state index in [9.17, 15) is 0 Å². The molecule has 0 N–H and O–H groups in total. The molecule has 0 heterocycles. The van der Waals surface area contributed by atoms with E-state index in [0.717, 1.165) is 13.0 Å². The fourth-order valence-electron chi connectivity index (χ4n) is 1.49. The third-order valence-corrected chi connectivity index (χ3v) is 2.71. The molecule has 1 rings (SSSR count). The molecule has 0 radical (unpaired) electrons. The number of unbranched alkanes of at least 4 members (excludes halogenated alkanes) is 1. The van der Waals surface area contributed by atoms with E-state index in [0.29, 0.717) is 6.42 Å². The van der Waals surface area contributed by atoms with Crippen LogP contribution in [-0.2, 0) is 0 Å². The summed E-state index contributed by atoms with van der Waals surface area (Å²) in [5.74, 6) is 0. The van der Waals surface area contributed by atoms with Crippen LogP contribution >= 0.6 is 0 Å². The molecule has 2 heteroatoms. The van der Waals surface area contributed by atoms with E-state index >= 15 is 0 Å². The van der Waals surface area contributed by atoms with Crippen LogP contribution < -0.4 is 4.90 Å². The average Bonchev–Trinajstić information content (AvgIpc) is 2.22. The minimum Gasteiger partial charge on any atom is -0.375 e. The molecule has 0 saturated heterocycles. The van der Waals surface area contributed by atoms with Gasteiger partial charge in [-0.05, 0) is 43.5 Å². The summed E-state index contributed by atoms with van der Waals surface area (Å²) in [6.07, 6.45) is 1.56. The lowest BCUT2D eigenvalue weighted by atomic mass is 10.1. The maximum atomic E-state index is 8.46. The van der Waals surface area contributed by atoms with Crippen molar-refractivity contribution in [1.29, 1.82) is 5.26 Å². The molecular formula is C13H18N2. The molecule has 1 aromatic carbocycles. The van der Waals surface area contributed by atoms with Crippen molar-refractivity contribution in [3.8, 4) is 6.07 Å². The van der Waals surface area contributed by atoms with E-state index in [4.69, 9.17) is 5.26 Å². The lowest BCUT2D eigenvalue weighted by molar-refractivity contribution is 0.806. The third-order valence-electron chi connectivity index (χ3n) is 2.71. The monoisotopic (exact) mass is 202 g/mol. The highest BCUT2D eigenvalue weighted by molar-refractivity contribution is 5.49. The van der Waals surface area contributed by atoms with Gasteiger partial charge in [-0.3, -0.25) is 0 Å². The van der Waals surface area contributed by atoms with Crippen molar-refractivity contribution in [3.63, 3.8) is 0 Å². The molecular weight excluding hydrogens is 184 g/mol. The fraction of sp³-hybridized carbons (Fsp3) is 0.462. The Morgan fingerprint density at radius 2 is 2.00 bits per heavy atom. The second kappa shape index (κ2) is 5.41. The van der Waals surface area contributed by atoms with Gasteiger partial charge in [0.2, 0.25) is 0 Å². The Hall–Kier alpha value is -1.49. The molecule has 0 saturated carbocycles. The van der Waals surface area contributed by atoms with Crippen molar-refractivity contribution in [2.24, 2.45) is 0 Å². The molecule has 0 aromatic heterocycles. The van der Waals surface area contributed by atoms with Crippen molar-refractivity contribution in [1.82, 2.24) is 0 Å². The first-order valence-electron chi connectivity index (χ1n) is 5.30. The molecule has 0 spiro atoms. The van der Waals surface area contributed by atoms with Gasteiger partial charge in [-0.15, -0.1) is 0 Å². The zero-order chi connectivity index (χ0) is 11.3. The number of rotatable bonds is 4. The first kappa shape index (κ1) is 11.6. The summed E-state index contributed by atoms with van der Waals surface area (Å²) in [6, 6.07) is 8.64. The highest BCUT2D eigenvalue weighted by Crippen LogP contribution is 2.17. The van der Waals surface area contributed by atoms with E-state index in [1.807, 2.05) is 0 Å². The van der Waals surface area contributed by atoms with Gasteiger partial charge in [0.05, 0.1) is 6.07 Å². The van der Waals surface area contributed by atoms with Crippen molar-refractivity contribution in [3.05, 3.63) is 29.3 Å². The van der Waals surface area contributed by atoms with Crippen LogP contribution in [0.4, 0.5) is 5.69 Å². The first-order valence-corrected chi connectivity index (χ1v) is 5.30. The summed E-state index contributed by atoms with van der Waals surface area (Å²) in [7, 11) is 2.07. The Kier molecular flexibility index (Phi) is 4.17.